The van der Waals surface area contributed by atoms with Gasteiger partial charge in [0.2, 0.25) is 5.91 Å². The number of hydrogen-bond donors (Lipinski definition) is 1. The van der Waals surface area contributed by atoms with Gasteiger partial charge in [-0.15, -0.1) is 0 Å². The van der Waals surface area contributed by atoms with Crippen LogP contribution in [0.3, 0.4) is 0 Å². The van der Waals surface area contributed by atoms with E-state index in [0.717, 1.165) is 18.5 Å². The predicted octanol–water partition coefficient (Wildman–Crippen LogP) is 2.67. The summed E-state index contributed by atoms with van der Waals surface area (Å²) in [6.45, 7) is 4.02. The topological polar surface area (TPSA) is 32.3 Å². The van der Waals surface area contributed by atoms with E-state index in [1.54, 1.807) is 0 Å². The predicted molar refractivity (Wildman–Crippen MR) is 85.4 cm³/mol. The number of amides is 1. The number of rotatable bonds is 4. The highest BCUT2D eigenvalue weighted by atomic mass is 16.2. The van der Waals surface area contributed by atoms with Crippen molar-refractivity contribution in [1.82, 2.24) is 5.32 Å². The molecule has 21 heavy (non-hydrogen) atoms. The van der Waals surface area contributed by atoms with Crippen molar-refractivity contribution in [2.45, 2.75) is 19.9 Å². The van der Waals surface area contributed by atoms with Gasteiger partial charge in [-0.3, -0.25) is 4.79 Å². The van der Waals surface area contributed by atoms with Crippen LogP contribution >= 0.6 is 0 Å². The Bertz CT molecular complexity index is 634. The standard InChI is InChI=1S/C18H20N2O/c1-14-6-8-15(9-7-14)12-19-18(21)13-20-11-10-16-4-2-3-5-17(16)20/h2-9H,10-13H2,1H3,(H,19,21). The molecule has 1 heterocycles. The number of fused-ring (bicyclic) bond motifs is 1. The van der Waals surface area contributed by atoms with E-state index in [2.05, 4.69) is 59.6 Å². The van der Waals surface area contributed by atoms with Crippen LogP contribution in [0.25, 0.3) is 0 Å². The van der Waals surface area contributed by atoms with Crippen LogP contribution in [0, 0.1) is 6.92 Å². The summed E-state index contributed by atoms with van der Waals surface area (Å²) >= 11 is 0. The molecule has 3 rings (SSSR count). The maximum Gasteiger partial charge on any atom is 0.239 e. The molecule has 0 saturated carbocycles. The minimum atomic E-state index is 0.0762. The van der Waals surface area contributed by atoms with Crippen molar-refractivity contribution in [3.05, 3.63) is 65.2 Å². The molecule has 1 N–H and O–H groups in total. The fourth-order valence-electron chi connectivity index (χ4n) is 2.71. The average Bonchev–Trinajstić information content (AvgIpc) is 2.90. The molecule has 1 aliphatic rings. The Morgan fingerprint density at radius 2 is 1.90 bits per heavy atom. The van der Waals surface area contributed by atoms with Crippen LogP contribution in [0.4, 0.5) is 5.69 Å². The normalized spacial score (nSPS) is 13.1. The molecule has 108 valence electrons. The van der Waals surface area contributed by atoms with Gasteiger partial charge in [0.05, 0.1) is 6.54 Å². The molecule has 0 radical (unpaired) electrons. The lowest BCUT2D eigenvalue weighted by molar-refractivity contribution is -0.119. The highest BCUT2D eigenvalue weighted by Crippen LogP contribution is 2.26. The van der Waals surface area contributed by atoms with Crippen molar-refractivity contribution in [2.75, 3.05) is 18.0 Å². The minimum absolute atomic E-state index is 0.0762. The molecule has 0 bridgehead atoms. The first-order chi connectivity index (χ1) is 10.2. The maximum absolute atomic E-state index is 12.1. The van der Waals surface area contributed by atoms with Crippen LogP contribution in [0.1, 0.15) is 16.7 Å². The lowest BCUT2D eigenvalue weighted by Crippen LogP contribution is -2.36. The van der Waals surface area contributed by atoms with Gasteiger partial charge >= 0.3 is 0 Å². The summed E-state index contributed by atoms with van der Waals surface area (Å²) in [7, 11) is 0. The van der Waals surface area contributed by atoms with Gasteiger partial charge in [0.25, 0.3) is 0 Å². The second-order valence-corrected chi connectivity index (χ2v) is 5.56. The van der Waals surface area contributed by atoms with Crippen molar-refractivity contribution in [3.8, 4) is 0 Å². The van der Waals surface area contributed by atoms with Gasteiger partial charge in [-0.1, -0.05) is 48.0 Å². The molecule has 0 saturated heterocycles. The van der Waals surface area contributed by atoms with E-state index in [1.165, 1.54) is 16.8 Å². The van der Waals surface area contributed by atoms with Gasteiger partial charge in [0.1, 0.15) is 0 Å². The average molecular weight is 280 g/mol. The lowest BCUT2D eigenvalue weighted by atomic mass is 10.1. The second kappa shape index (κ2) is 6.00. The number of hydrogen-bond acceptors (Lipinski definition) is 2. The summed E-state index contributed by atoms with van der Waals surface area (Å²) in [6, 6.07) is 16.6. The van der Waals surface area contributed by atoms with E-state index < -0.39 is 0 Å². The summed E-state index contributed by atoms with van der Waals surface area (Å²) in [6.07, 6.45) is 1.03. The van der Waals surface area contributed by atoms with Crippen LogP contribution in [0.2, 0.25) is 0 Å². The quantitative estimate of drug-likeness (QED) is 0.934. The van der Waals surface area contributed by atoms with Gasteiger partial charge in [-0.05, 0) is 30.5 Å². The van der Waals surface area contributed by atoms with E-state index in [0.29, 0.717) is 13.1 Å². The van der Waals surface area contributed by atoms with Crippen LogP contribution in [-0.2, 0) is 17.8 Å². The zero-order valence-corrected chi connectivity index (χ0v) is 12.3. The smallest absolute Gasteiger partial charge is 0.239 e. The first-order valence-corrected chi connectivity index (χ1v) is 7.37. The largest absolute Gasteiger partial charge is 0.362 e. The number of benzene rings is 2. The van der Waals surface area contributed by atoms with Crippen LogP contribution in [0.15, 0.2) is 48.5 Å². The number of para-hydroxylation sites is 1. The third kappa shape index (κ3) is 3.24. The Kier molecular flexibility index (Phi) is 3.91. The fraction of sp³-hybridized carbons (Fsp3) is 0.278. The summed E-state index contributed by atoms with van der Waals surface area (Å²) < 4.78 is 0. The Balaban J connectivity index is 1.54. The van der Waals surface area contributed by atoms with Crippen LogP contribution < -0.4 is 10.2 Å². The van der Waals surface area contributed by atoms with E-state index >= 15 is 0 Å². The molecule has 1 aliphatic heterocycles. The van der Waals surface area contributed by atoms with Crippen molar-refractivity contribution < 1.29 is 4.79 Å². The molecular formula is C18H20N2O. The highest BCUT2D eigenvalue weighted by molar-refractivity contribution is 5.82. The molecule has 3 heteroatoms. The van der Waals surface area contributed by atoms with Crippen LogP contribution in [-0.4, -0.2) is 19.0 Å². The SMILES string of the molecule is Cc1ccc(CNC(=O)CN2CCc3ccccc32)cc1. The minimum Gasteiger partial charge on any atom is -0.362 e. The summed E-state index contributed by atoms with van der Waals surface area (Å²) in [5.74, 6) is 0.0762. The monoisotopic (exact) mass is 280 g/mol. The van der Waals surface area contributed by atoms with Gasteiger partial charge < -0.3 is 10.2 Å². The first kappa shape index (κ1) is 13.7. The molecular weight excluding hydrogens is 260 g/mol. The van der Waals surface area contributed by atoms with Crippen LogP contribution in [0.5, 0.6) is 0 Å². The van der Waals surface area contributed by atoms with E-state index in [-0.39, 0.29) is 5.91 Å². The summed E-state index contributed by atoms with van der Waals surface area (Å²) in [5, 5.41) is 3.00. The number of carbonyl (C=O) groups excluding carboxylic acids is 1. The molecule has 3 nitrogen and oxygen atoms in total. The third-order valence-corrected chi connectivity index (χ3v) is 3.93. The Morgan fingerprint density at radius 3 is 2.71 bits per heavy atom. The molecule has 1 amide bonds. The van der Waals surface area contributed by atoms with Gasteiger partial charge in [0, 0.05) is 18.8 Å². The van der Waals surface area contributed by atoms with E-state index in [4.69, 9.17) is 0 Å². The van der Waals surface area contributed by atoms with Crippen molar-refractivity contribution in [2.24, 2.45) is 0 Å². The van der Waals surface area contributed by atoms with E-state index in [9.17, 15) is 4.79 Å². The molecule has 2 aromatic carbocycles. The Labute approximate surface area is 125 Å². The van der Waals surface area contributed by atoms with Gasteiger partial charge in [-0.25, -0.2) is 0 Å². The number of carbonyl (C=O) groups is 1. The number of anilines is 1. The maximum atomic E-state index is 12.1. The molecule has 0 fully saturated rings. The number of nitrogens with one attached hydrogen (secondary N) is 1. The zero-order chi connectivity index (χ0) is 14.7. The first-order valence-electron chi connectivity index (χ1n) is 7.37. The van der Waals surface area contributed by atoms with Crippen molar-refractivity contribution in [3.63, 3.8) is 0 Å². The summed E-state index contributed by atoms with van der Waals surface area (Å²) in [5.41, 5.74) is 4.90. The number of nitrogens with zero attached hydrogens (tertiary/aromatic N) is 1. The molecule has 0 atom stereocenters. The van der Waals surface area contributed by atoms with Crippen molar-refractivity contribution >= 4 is 11.6 Å². The molecule has 0 aliphatic carbocycles. The zero-order valence-electron chi connectivity index (χ0n) is 12.3. The number of aryl methyl sites for hydroxylation is 1. The van der Waals surface area contributed by atoms with E-state index in [1.807, 2.05) is 6.07 Å². The Morgan fingerprint density at radius 1 is 1.14 bits per heavy atom. The third-order valence-electron chi connectivity index (χ3n) is 3.93. The molecule has 0 spiro atoms. The van der Waals surface area contributed by atoms with Crippen molar-refractivity contribution in [1.29, 1.82) is 0 Å². The molecule has 0 aromatic heterocycles. The molecule has 2 aromatic rings. The Hall–Kier alpha value is -2.29. The molecule has 0 unspecified atom stereocenters. The highest BCUT2D eigenvalue weighted by Gasteiger charge is 2.20. The summed E-state index contributed by atoms with van der Waals surface area (Å²) in [4.78, 5) is 14.2. The lowest BCUT2D eigenvalue weighted by Gasteiger charge is -2.18. The fourth-order valence-corrected chi connectivity index (χ4v) is 2.71. The van der Waals surface area contributed by atoms with Gasteiger partial charge in [-0.2, -0.15) is 0 Å². The van der Waals surface area contributed by atoms with Gasteiger partial charge in [0.15, 0.2) is 0 Å². The second-order valence-electron chi connectivity index (χ2n) is 5.56.